The van der Waals surface area contributed by atoms with Gasteiger partial charge >= 0.3 is 0 Å². The normalized spacial score (nSPS) is 21.2. The average molecular weight is 306 g/mol. The molecule has 1 aliphatic rings. The molecule has 0 aliphatic carbocycles. The molecule has 0 amide bonds. The molecule has 6 heteroatoms. The molecule has 20 heavy (non-hydrogen) atoms. The van der Waals surface area contributed by atoms with Crippen LogP contribution in [-0.4, -0.2) is 57.4 Å². The van der Waals surface area contributed by atoms with Gasteiger partial charge in [-0.3, -0.25) is 0 Å². The third kappa shape index (κ3) is 6.52. The predicted octanol–water partition coefficient (Wildman–Crippen LogP) is 1.60. The zero-order valence-electron chi connectivity index (χ0n) is 12.9. The molecule has 0 radical (unpaired) electrons. The SMILES string of the molecule is CCCOC1CCCN(S(=O)(=O)CCCCNCC)C1. The van der Waals surface area contributed by atoms with Gasteiger partial charge in [0, 0.05) is 19.7 Å². The Hall–Kier alpha value is -0.170. The summed E-state index contributed by atoms with van der Waals surface area (Å²) >= 11 is 0. The first-order valence-corrected chi connectivity index (χ1v) is 9.51. The summed E-state index contributed by atoms with van der Waals surface area (Å²) in [5, 5.41) is 3.22. The van der Waals surface area contributed by atoms with Crippen molar-refractivity contribution in [2.45, 2.75) is 52.1 Å². The van der Waals surface area contributed by atoms with Gasteiger partial charge in [0.25, 0.3) is 0 Å². The summed E-state index contributed by atoms with van der Waals surface area (Å²) < 4.78 is 31.9. The summed E-state index contributed by atoms with van der Waals surface area (Å²) in [6, 6.07) is 0. The number of nitrogens with one attached hydrogen (secondary N) is 1. The van der Waals surface area contributed by atoms with Crippen molar-refractivity contribution in [3.63, 3.8) is 0 Å². The lowest BCUT2D eigenvalue weighted by Gasteiger charge is -2.31. The van der Waals surface area contributed by atoms with Gasteiger partial charge in [0.05, 0.1) is 11.9 Å². The topological polar surface area (TPSA) is 58.6 Å². The van der Waals surface area contributed by atoms with Gasteiger partial charge in [0.15, 0.2) is 0 Å². The van der Waals surface area contributed by atoms with E-state index in [-0.39, 0.29) is 11.9 Å². The van der Waals surface area contributed by atoms with E-state index in [0.717, 1.165) is 51.8 Å². The van der Waals surface area contributed by atoms with Crippen LogP contribution in [0.15, 0.2) is 0 Å². The Bertz CT molecular complexity index is 346. The van der Waals surface area contributed by atoms with Crippen LogP contribution in [0.5, 0.6) is 0 Å². The fourth-order valence-electron chi connectivity index (χ4n) is 2.42. The van der Waals surface area contributed by atoms with E-state index < -0.39 is 10.0 Å². The van der Waals surface area contributed by atoms with Crippen LogP contribution < -0.4 is 5.32 Å². The number of sulfonamides is 1. The molecule has 0 saturated carbocycles. The molecule has 1 N–H and O–H groups in total. The van der Waals surface area contributed by atoms with Crippen LogP contribution in [-0.2, 0) is 14.8 Å². The van der Waals surface area contributed by atoms with Crippen molar-refractivity contribution in [2.75, 3.05) is 38.5 Å². The molecule has 1 atom stereocenters. The minimum Gasteiger partial charge on any atom is -0.377 e. The molecule has 0 spiro atoms. The molecule has 0 aromatic heterocycles. The summed E-state index contributed by atoms with van der Waals surface area (Å²) in [6.45, 7) is 7.88. The summed E-state index contributed by atoms with van der Waals surface area (Å²) in [5.74, 6) is 0.263. The fraction of sp³-hybridized carbons (Fsp3) is 1.00. The smallest absolute Gasteiger partial charge is 0.214 e. The average Bonchev–Trinajstić information content (AvgIpc) is 2.45. The first-order valence-electron chi connectivity index (χ1n) is 7.90. The molecule has 1 heterocycles. The Morgan fingerprint density at radius 3 is 2.80 bits per heavy atom. The predicted molar refractivity (Wildman–Crippen MR) is 82.4 cm³/mol. The number of unbranched alkanes of at least 4 members (excludes halogenated alkanes) is 1. The minimum atomic E-state index is -3.10. The van der Waals surface area contributed by atoms with Gasteiger partial charge in [0.2, 0.25) is 10.0 Å². The van der Waals surface area contributed by atoms with Gasteiger partial charge in [-0.2, -0.15) is 4.31 Å². The second-order valence-corrected chi connectivity index (χ2v) is 7.46. The highest BCUT2D eigenvalue weighted by atomic mass is 32.2. The number of nitrogens with zero attached hydrogens (tertiary/aromatic N) is 1. The molecule has 1 aliphatic heterocycles. The van der Waals surface area contributed by atoms with Crippen molar-refractivity contribution in [1.82, 2.24) is 9.62 Å². The minimum absolute atomic E-state index is 0.0835. The van der Waals surface area contributed by atoms with E-state index in [9.17, 15) is 8.42 Å². The van der Waals surface area contributed by atoms with E-state index in [2.05, 4.69) is 19.2 Å². The van der Waals surface area contributed by atoms with Gasteiger partial charge in [-0.1, -0.05) is 13.8 Å². The van der Waals surface area contributed by atoms with E-state index in [1.54, 1.807) is 4.31 Å². The number of ether oxygens (including phenoxy) is 1. The van der Waals surface area contributed by atoms with Crippen molar-refractivity contribution in [2.24, 2.45) is 0 Å². The van der Waals surface area contributed by atoms with Gasteiger partial charge in [-0.25, -0.2) is 8.42 Å². The Morgan fingerprint density at radius 1 is 1.30 bits per heavy atom. The fourth-order valence-corrected chi connectivity index (χ4v) is 4.05. The quantitative estimate of drug-likeness (QED) is 0.623. The van der Waals surface area contributed by atoms with Gasteiger partial charge in [-0.15, -0.1) is 0 Å². The third-order valence-corrected chi connectivity index (χ3v) is 5.47. The number of hydrogen-bond donors (Lipinski definition) is 1. The van der Waals surface area contributed by atoms with Gasteiger partial charge < -0.3 is 10.1 Å². The maximum atomic E-state index is 12.3. The Morgan fingerprint density at radius 2 is 2.10 bits per heavy atom. The van der Waals surface area contributed by atoms with E-state index in [1.165, 1.54) is 0 Å². The maximum absolute atomic E-state index is 12.3. The molecular formula is C14H30N2O3S. The monoisotopic (exact) mass is 306 g/mol. The van der Waals surface area contributed by atoms with Gasteiger partial charge in [0.1, 0.15) is 0 Å². The molecule has 1 fully saturated rings. The zero-order valence-corrected chi connectivity index (χ0v) is 13.8. The van der Waals surface area contributed by atoms with Crippen molar-refractivity contribution in [3.8, 4) is 0 Å². The Kier molecular flexibility index (Phi) is 8.68. The second-order valence-electron chi connectivity index (χ2n) is 5.37. The highest BCUT2D eigenvalue weighted by molar-refractivity contribution is 7.89. The van der Waals surface area contributed by atoms with Crippen molar-refractivity contribution in [3.05, 3.63) is 0 Å². The molecule has 0 bridgehead atoms. The van der Waals surface area contributed by atoms with Crippen LogP contribution in [0.2, 0.25) is 0 Å². The molecule has 1 unspecified atom stereocenters. The number of hydrogen-bond acceptors (Lipinski definition) is 4. The largest absolute Gasteiger partial charge is 0.377 e. The maximum Gasteiger partial charge on any atom is 0.214 e. The summed E-state index contributed by atoms with van der Waals surface area (Å²) in [5.41, 5.74) is 0. The van der Waals surface area contributed by atoms with Crippen LogP contribution in [0.4, 0.5) is 0 Å². The first kappa shape index (κ1) is 17.9. The Labute approximate surface area is 124 Å². The van der Waals surface area contributed by atoms with Crippen molar-refractivity contribution < 1.29 is 13.2 Å². The molecule has 120 valence electrons. The highest BCUT2D eigenvalue weighted by Crippen LogP contribution is 2.17. The van der Waals surface area contributed by atoms with Gasteiger partial charge in [-0.05, 0) is 45.2 Å². The van der Waals surface area contributed by atoms with E-state index in [0.29, 0.717) is 13.1 Å². The Balaban J connectivity index is 2.34. The van der Waals surface area contributed by atoms with Crippen LogP contribution in [0.3, 0.4) is 0 Å². The van der Waals surface area contributed by atoms with Crippen LogP contribution >= 0.6 is 0 Å². The van der Waals surface area contributed by atoms with Crippen molar-refractivity contribution >= 4 is 10.0 Å². The van der Waals surface area contributed by atoms with E-state index in [1.807, 2.05) is 0 Å². The number of piperidine rings is 1. The summed E-state index contributed by atoms with van der Waals surface area (Å²) in [6.07, 6.45) is 4.59. The number of rotatable bonds is 10. The highest BCUT2D eigenvalue weighted by Gasteiger charge is 2.28. The lowest BCUT2D eigenvalue weighted by Crippen LogP contribution is -2.44. The van der Waals surface area contributed by atoms with Crippen LogP contribution in [0, 0.1) is 0 Å². The van der Waals surface area contributed by atoms with Crippen LogP contribution in [0.25, 0.3) is 0 Å². The lowest BCUT2D eigenvalue weighted by atomic mass is 10.1. The standard InChI is InChI=1S/C14H30N2O3S/c1-3-11-19-14-8-7-10-16(13-14)20(17,18)12-6-5-9-15-4-2/h14-15H,3-13H2,1-2H3. The van der Waals surface area contributed by atoms with E-state index in [4.69, 9.17) is 4.74 Å². The summed E-state index contributed by atoms with van der Waals surface area (Å²) in [4.78, 5) is 0. The third-order valence-electron chi connectivity index (χ3n) is 3.55. The van der Waals surface area contributed by atoms with E-state index >= 15 is 0 Å². The second kappa shape index (κ2) is 9.71. The lowest BCUT2D eigenvalue weighted by molar-refractivity contribution is 0.0193. The zero-order chi connectivity index (χ0) is 14.8. The van der Waals surface area contributed by atoms with Crippen molar-refractivity contribution in [1.29, 1.82) is 0 Å². The molecule has 1 saturated heterocycles. The molecule has 5 nitrogen and oxygen atoms in total. The molecule has 1 rings (SSSR count). The first-order chi connectivity index (χ1) is 9.60. The molecular weight excluding hydrogens is 276 g/mol. The molecule has 0 aromatic rings. The summed E-state index contributed by atoms with van der Waals surface area (Å²) in [7, 11) is -3.10. The molecule has 0 aromatic carbocycles. The van der Waals surface area contributed by atoms with Crippen LogP contribution in [0.1, 0.15) is 46.0 Å².